The molecule has 1 saturated carbocycles. The van der Waals surface area contributed by atoms with Gasteiger partial charge in [0.05, 0.1) is 11.7 Å². The van der Waals surface area contributed by atoms with Crippen LogP contribution in [0.4, 0.5) is 0 Å². The van der Waals surface area contributed by atoms with E-state index in [1.807, 2.05) is 13.8 Å². The van der Waals surface area contributed by atoms with Crippen molar-refractivity contribution >= 4 is 0 Å². The predicted octanol–water partition coefficient (Wildman–Crippen LogP) is 1.62. The van der Waals surface area contributed by atoms with Gasteiger partial charge in [0.2, 0.25) is 0 Å². The lowest BCUT2D eigenvalue weighted by Gasteiger charge is -2.53. The minimum atomic E-state index is -1.28. The Balaban J connectivity index is 3.10. The first-order valence-corrected chi connectivity index (χ1v) is 5.95. The molecule has 1 fully saturated rings. The van der Waals surface area contributed by atoms with E-state index in [1.165, 1.54) is 0 Å². The van der Waals surface area contributed by atoms with E-state index in [1.54, 1.807) is 26.0 Å². The maximum absolute atomic E-state index is 10.7. The van der Waals surface area contributed by atoms with Crippen LogP contribution in [0.3, 0.4) is 0 Å². The first-order chi connectivity index (χ1) is 7.12. The van der Waals surface area contributed by atoms with Crippen molar-refractivity contribution in [2.24, 2.45) is 5.41 Å². The molecule has 1 aliphatic carbocycles. The number of aliphatic hydroxyl groups excluding tert-OH is 1. The molecule has 3 unspecified atom stereocenters. The molecule has 0 aromatic carbocycles. The number of hydrogen-bond donors (Lipinski definition) is 3. The smallest absolute Gasteiger partial charge is 0.116 e. The van der Waals surface area contributed by atoms with Crippen molar-refractivity contribution in [3.8, 4) is 0 Å². The van der Waals surface area contributed by atoms with Gasteiger partial charge in [-0.05, 0) is 38.5 Å². The van der Waals surface area contributed by atoms with Gasteiger partial charge in [-0.1, -0.05) is 26.0 Å². The van der Waals surface area contributed by atoms with E-state index in [-0.39, 0.29) is 5.41 Å². The van der Waals surface area contributed by atoms with Gasteiger partial charge in [0.1, 0.15) is 5.60 Å². The summed E-state index contributed by atoms with van der Waals surface area (Å²) in [4.78, 5) is 0. The molecule has 0 bridgehead atoms. The summed E-state index contributed by atoms with van der Waals surface area (Å²) in [5.74, 6) is 0. The molecule has 0 radical (unpaired) electrons. The third-order valence-corrected chi connectivity index (χ3v) is 3.93. The predicted molar refractivity (Wildman–Crippen MR) is 64.0 cm³/mol. The molecule has 0 amide bonds. The number of rotatable bonds is 2. The topological polar surface area (TPSA) is 60.7 Å². The van der Waals surface area contributed by atoms with E-state index in [4.69, 9.17) is 0 Å². The molecule has 3 nitrogen and oxygen atoms in total. The summed E-state index contributed by atoms with van der Waals surface area (Å²) in [6, 6.07) is 0. The van der Waals surface area contributed by atoms with Crippen molar-refractivity contribution in [3.05, 3.63) is 12.2 Å². The van der Waals surface area contributed by atoms with Crippen molar-refractivity contribution in [1.82, 2.24) is 0 Å². The zero-order valence-corrected chi connectivity index (χ0v) is 10.7. The molecule has 0 spiro atoms. The largest absolute Gasteiger partial charge is 0.389 e. The molecule has 3 N–H and O–H groups in total. The van der Waals surface area contributed by atoms with E-state index in [0.717, 1.165) is 12.8 Å². The molecular weight excluding hydrogens is 204 g/mol. The van der Waals surface area contributed by atoms with Crippen LogP contribution in [0.5, 0.6) is 0 Å². The van der Waals surface area contributed by atoms with Crippen molar-refractivity contribution in [1.29, 1.82) is 0 Å². The summed E-state index contributed by atoms with van der Waals surface area (Å²) in [6.45, 7) is 7.20. The van der Waals surface area contributed by atoms with E-state index >= 15 is 0 Å². The lowest BCUT2D eigenvalue weighted by Crippen LogP contribution is -2.62. The average Bonchev–Trinajstić information content (AvgIpc) is 2.10. The standard InChI is InChI=1S/C13H24O3/c1-10(14)6-9-13(16)11(2,3)7-5-8-12(13,4)15/h6,9-10,14-16H,5,7-8H2,1-4H3. The molecular formula is C13H24O3. The molecule has 0 saturated heterocycles. The second kappa shape index (κ2) is 4.13. The lowest BCUT2D eigenvalue weighted by molar-refractivity contribution is -0.194. The van der Waals surface area contributed by atoms with Gasteiger partial charge in [-0.25, -0.2) is 0 Å². The summed E-state index contributed by atoms with van der Waals surface area (Å²) < 4.78 is 0. The van der Waals surface area contributed by atoms with Gasteiger partial charge in [0.15, 0.2) is 0 Å². The highest BCUT2D eigenvalue weighted by molar-refractivity contribution is 5.19. The minimum absolute atomic E-state index is 0.389. The molecule has 0 aliphatic heterocycles. The SMILES string of the molecule is CC(O)C=CC1(O)C(C)(C)CCCC1(C)O. The molecule has 94 valence electrons. The lowest BCUT2D eigenvalue weighted by atomic mass is 9.58. The van der Waals surface area contributed by atoms with Crippen molar-refractivity contribution in [3.63, 3.8) is 0 Å². The number of hydrogen-bond acceptors (Lipinski definition) is 3. The zero-order valence-electron chi connectivity index (χ0n) is 10.7. The van der Waals surface area contributed by atoms with Gasteiger partial charge in [-0.15, -0.1) is 0 Å². The Hall–Kier alpha value is -0.380. The Morgan fingerprint density at radius 2 is 1.69 bits per heavy atom. The third kappa shape index (κ3) is 2.17. The van der Waals surface area contributed by atoms with Crippen LogP contribution in [0.25, 0.3) is 0 Å². The van der Waals surface area contributed by atoms with Gasteiger partial charge in [0.25, 0.3) is 0 Å². The second-order valence-corrected chi connectivity index (χ2v) is 5.88. The molecule has 0 aromatic rings. The average molecular weight is 228 g/mol. The van der Waals surface area contributed by atoms with Gasteiger partial charge in [-0.3, -0.25) is 0 Å². The zero-order chi connectivity index (χ0) is 12.6. The fourth-order valence-electron chi connectivity index (χ4n) is 2.67. The fourth-order valence-corrected chi connectivity index (χ4v) is 2.67. The monoisotopic (exact) mass is 228 g/mol. The molecule has 3 atom stereocenters. The summed E-state index contributed by atoms with van der Waals surface area (Å²) >= 11 is 0. The molecule has 3 heteroatoms. The second-order valence-electron chi connectivity index (χ2n) is 5.88. The normalized spacial score (nSPS) is 41.2. The van der Waals surface area contributed by atoms with Gasteiger partial charge < -0.3 is 15.3 Å². The van der Waals surface area contributed by atoms with Crippen molar-refractivity contribution in [2.45, 2.75) is 64.3 Å². The molecule has 16 heavy (non-hydrogen) atoms. The summed E-state index contributed by atoms with van der Waals surface area (Å²) in [7, 11) is 0. The number of aliphatic hydroxyl groups is 3. The van der Waals surface area contributed by atoms with Gasteiger partial charge in [0, 0.05) is 0 Å². The highest BCUT2D eigenvalue weighted by Gasteiger charge is 2.56. The van der Waals surface area contributed by atoms with Crippen LogP contribution >= 0.6 is 0 Å². The third-order valence-electron chi connectivity index (χ3n) is 3.93. The summed E-state index contributed by atoms with van der Waals surface area (Å²) in [5.41, 5.74) is -2.81. The molecule has 0 heterocycles. The van der Waals surface area contributed by atoms with Crippen molar-refractivity contribution < 1.29 is 15.3 Å². The van der Waals surface area contributed by atoms with Crippen LogP contribution in [0.2, 0.25) is 0 Å². The van der Waals surface area contributed by atoms with Gasteiger partial charge >= 0.3 is 0 Å². The highest BCUT2D eigenvalue weighted by Crippen LogP contribution is 2.49. The van der Waals surface area contributed by atoms with Crippen LogP contribution in [-0.2, 0) is 0 Å². The van der Waals surface area contributed by atoms with E-state index in [9.17, 15) is 15.3 Å². The van der Waals surface area contributed by atoms with Crippen LogP contribution in [0.15, 0.2) is 12.2 Å². The molecule has 0 aromatic heterocycles. The highest BCUT2D eigenvalue weighted by atomic mass is 16.4. The maximum atomic E-state index is 10.7. The Morgan fingerprint density at radius 1 is 1.12 bits per heavy atom. The molecule has 1 aliphatic rings. The van der Waals surface area contributed by atoms with E-state index in [2.05, 4.69) is 0 Å². The van der Waals surface area contributed by atoms with E-state index in [0.29, 0.717) is 6.42 Å². The van der Waals surface area contributed by atoms with Crippen LogP contribution in [0, 0.1) is 5.41 Å². The first-order valence-electron chi connectivity index (χ1n) is 5.95. The Kier molecular flexibility index (Phi) is 3.53. The van der Waals surface area contributed by atoms with E-state index < -0.39 is 17.3 Å². The van der Waals surface area contributed by atoms with Crippen LogP contribution < -0.4 is 0 Å². The Labute approximate surface area is 97.8 Å². The first kappa shape index (κ1) is 13.7. The summed E-state index contributed by atoms with van der Waals surface area (Å²) in [6.07, 6.45) is 4.85. The maximum Gasteiger partial charge on any atom is 0.116 e. The quantitative estimate of drug-likeness (QED) is 0.629. The Bertz CT molecular complexity index is 261. The Morgan fingerprint density at radius 3 is 2.12 bits per heavy atom. The molecule has 1 rings (SSSR count). The minimum Gasteiger partial charge on any atom is -0.389 e. The van der Waals surface area contributed by atoms with Gasteiger partial charge in [-0.2, -0.15) is 0 Å². The van der Waals surface area contributed by atoms with Crippen LogP contribution in [0.1, 0.15) is 47.0 Å². The van der Waals surface area contributed by atoms with Crippen molar-refractivity contribution in [2.75, 3.05) is 0 Å². The summed E-state index contributed by atoms with van der Waals surface area (Å²) in [5, 5.41) is 30.3. The van der Waals surface area contributed by atoms with Crippen LogP contribution in [-0.4, -0.2) is 32.6 Å². The fraction of sp³-hybridized carbons (Fsp3) is 0.846.